The predicted molar refractivity (Wildman–Crippen MR) is 52.9 cm³/mol. The van der Waals surface area contributed by atoms with Crippen LogP contribution >= 0.6 is 15.9 Å². The average Bonchev–Trinajstić information content (AvgIpc) is 2.30. The number of rotatable bonds is 2. The summed E-state index contributed by atoms with van der Waals surface area (Å²) in [5.41, 5.74) is 0.138. The van der Waals surface area contributed by atoms with E-state index in [9.17, 15) is 0 Å². The number of H-pyrrole nitrogens is 1. The van der Waals surface area contributed by atoms with Crippen molar-refractivity contribution in [1.29, 1.82) is 0 Å². The van der Waals surface area contributed by atoms with Gasteiger partial charge in [0.05, 0.1) is 12.7 Å². The quantitative estimate of drug-likeness (QED) is 0.819. The van der Waals surface area contributed by atoms with Gasteiger partial charge in [-0.3, -0.25) is 0 Å². The number of hydrogen-bond acceptors (Lipinski definition) is 2. The van der Waals surface area contributed by atoms with Gasteiger partial charge in [-0.2, -0.15) is 0 Å². The smallest absolute Gasteiger partial charge is 0.120 e. The van der Waals surface area contributed by atoms with E-state index in [0.717, 1.165) is 17.0 Å². The van der Waals surface area contributed by atoms with Crippen LogP contribution in [-0.4, -0.2) is 15.5 Å². The van der Waals surface area contributed by atoms with Gasteiger partial charge in [-0.25, -0.2) is 4.98 Å². The Balaban J connectivity index is 2.44. The summed E-state index contributed by atoms with van der Waals surface area (Å²) in [6.45, 7) is 7.16. The van der Waals surface area contributed by atoms with Gasteiger partial charge in [-0.05, 0) is 36.7 Å². The predicted octanol–water partition coefficient (Wildman–Crippen LogP) is 2.06. The molecule has 3 nitrogen and oxygen atoms in total. The fourth-order valence-corrected chi connectivity index (χ4v) is 1.11. The fourth-order valence-electron chi connectivity index (χ4n) is 0.776. The lowest BCUT2D eigenvalue weighted by Crippen LogP contribution is -2.35. The van der Waals surface area contributed by atoms with Crippen molar-refractivity contribution in [1.82, 2.24) is 15.3 Å². The van der Waals surface area contributed by atoms with Gasteiger partial charge in [0, 0.05) is 5.54 Å². The number of hydrogen-bond donors (Lipinski definition) is 2. The number of nitrogens with one attached hydrogen (secondary N) is 2. The Kier molecular flexibility index (Phi) is 2.90. The Morgan fingerprint density at radius 1 is 1.58 bits per heavy atom. The average molecular weight is 232 g/mol. The van der Waals surface area contributed by atoms with E-state index in [0.29, 0.717) is 0 Å². The Hall–Kier alpha value is -0.350. The Morgan fingerprint density at radius 2 is 2.25 bits per heavy atom. The number of imidazole rings is 1. The monoisotopic (exact) mass is 231 g/mol. The normalized spacial score (nSPS) is 12.0. The first-order valence-electron chi connectivity index (χ1n) is 3.92. The summed E-state index contributed by atoms with van der Waals surface area (Å²) in [6.07, 6.45) is 1.76. The molecule has 0 aliphatic carbocycles. The van der Waals surface area contributed by atoms with Gasteiger partial charge in [-0.15, -0.1) is 0 Å². The number of halogens is 1. The molecule has 0 unspecified atom stereocenters. The van der Waals surface area contributed by atoms with Crippen molar-refractivity contribution in [3.8, 4) is 0 Å². The first-order chi connectivity index (χ1) is 5.47. The third-order valence-corrected chi connectivity index (χ3v) is 1.79. The topological polar surface area (TPSA) is 40.7 Å². The van der Waals surface area contributed by atoms with Crippen LogP contribution in [0.4, 0.5) is 0 Å². The van der Waals surface area contributed by atoms with Gasteiger partial charge in [0.15, 0.2) is 0 Å². The first kappa shape index (κ1) is 9.74. The van der Waals surface area contributed by atoms with Crippen molar-refractivity contribution < 1.29 is 0 Å². The van der Waals surface area contributed by atoms with E-state index >= 15 is 0 Å². The minimum Gasteiger partial charge on any atom is -0.336 e. The largest absolute Gasteiger partial charge is 0.336 e. The molecule has 0 atom stereocenters. The fraction of sp³-hybridized carbons (Fsp3) is 0.625. The van der Waals surface area contributed by atoms with Gasteiger partial charge in [0.2, 0.25) is 0 Å². The zero-order valence-electron chi connectivity index (χ0n) is 7.61. The molecule has 0 spiro atoms. The molecule has 0 aliphatic rings. The third-order valence-electron chi connectivity index (χ3n) is 1.38. The van der Waals surface area contributed by atoms with Crippen LogP contribution in [0.2, 0.25) is 0 Å². The summed E-state index contributed by atoms with van der Waals surface area (Å²) < 4.78 is 0.924. The van der Waals surface area contributed by atoms with E-state index in [1.807, 2.05) is 0 Å². The second kappa shape index (κ2) is 3.58. The molecule has 68 valence electrons. The molecule has 1 heterocycles. The lowest BCUT2D eigenvalue weighted by Gasteiger charge is -2.19. The molecule has 0 saturated carbocycles. The van der Waals surface area contributed by atoms with E-state index in [-0.39, 0.29) is 5.54 Å². The van der Waals surface area contributed by atoms with Crippen molar-refractivity contribution >= 4 is 15.9 Å². The highest BCUT2D eigenvalue weighted by Crippen LogP contribution is 2.06. The second-order valence-corrected chi connectivity index (χ2v) is 4.64. The first-order valence-corrected chi connectivity index (χ1v) is 4.71. The maximum Gasteiger partial charge on any atom is 0.120 e. The Bertz CT molecular complexity index is 249. The van der Waals surface area contributed by atoms with Crippen LogP contribution in [0, 0.1) is 0 Å². The molecule has 0 saturated heterocycles. The number of aromatic amines is 1. The Morgan fingerprint density at radius 3 is 2.67 bits per heavy atom. The van der Waals surface area contributed by atoms with Crippen molar-refractivity contribution in [2.24, 2.45) is 0 Å². The number of aromatic nitrogens is 2. The van der Waals surface area contributed by atoms with Crippen LogP contribution in [0.25, 0.3) is 0 Å². The molecule has 0 radical (unpaired) electrons. The molecule has 0 fully saturated rings. The van der Waals surface area contributed by atoms with E-state index < -0.39 is 0 Å². The molecule has 0 aliphatic heterocycles. The lowest BCUT2D eigenvalue weighted by molar-refractivity contribution is 0.418. The zero-order valence-corrected chi connectivity index (χ0v) is 9.20. The molecule has 1 aromatic heterocycles. The zero-order chi connectivity index (χ0) is 9.19. The lowest BCUT2D eigenvalue weighted by atomic mass is 10.1. The van der Waals surface area contributed by atoms with E-state index in [1.165, 1.54) is 0 Å². The molecule has 0 aromatic carbocycles. The minimum absolute atomic E-state index is 0.138. The highest BCUT2D eigenvalue weighted by atomic mass is 79.9. The maximum atomic E-state index is 4.15. The highest BCUT2D eigenvalue weighted by molar-refractivity contribution is 9.10. The summed E-state index contributed by atoms with van der Waals surface area (Å²) in [5, 5.41) is 3.34. The van der Waals surface area contributed by atoms with E-state index in [1.54, 1.807) is 6.20 Å². The molecule has 1 aromatic rings. The van der Waals surface area contributed by atoms with E-state index in [4.69, 9.17) is 0 Å². The molecule has 2 N–H and O–H groups in total. The number of nitrogens with zero attached hydrogens (tertiary/aromatic N) is 1. The van der Waals surface area contributed by atoms with Gasteiger partial charge in [0.25, 0.3) is 0 Å². The Labute approximate surface area is 81.1 Å². The van der Waals surface area contributed by atoms with Crippen molar-refractivity contribution in [2.75, 3.05) is 0 Å². The summed E-state index contributed by atoms with van der Waals surface area (Å²) in [5.74, 6) is 0.955. The van der Waals surface area contributed by atoms with E-state index in [2.05, 4.69) is 52.0 Å². The molecule has 0 amide bonds. The molecule has 4 heteroatoms. The van der Waals surface area contributed by atoms with Crippen LogP contribution in [0.15, 0.2) is 10.8 Å². The van der Waals surface area contributed by atoms with Crippen LogP contribution in [-0.2, 0) is 6.54 Å². The summed E-state index contributed by atoms with van der Waals surface area (Å²) in [7, 11) is 0. The molecule has 12 heavy (non-hydrogen) atoms. The van der Waals surface area contributed by atoms with Gasteiger partial charge in [0.1, 0.15) is 10.4 Å². The maximum absolute atomic E-state index is 4.15. The third kappa shape index (κ3) is 3.36. The van der Waals surface area contributed by atoms with Crippen LogP contribution in [0.1, 0.15) is 26.6 Å². The SMILES string of the molecule is CC(C)(C)NCc1ncc(Br)[nH]1. The molecule has 1 rings (SSSR count). The molecule has 0 bridgehead atoms. The van der Waals surface area contributed by atoms with Gasteiger partial charge < -0.3 is 10.3 Å². The van der Waals surface area contributed by atoms with Crippen LogP contribution < -0.4 is 5.32 Å². The van der Waals surface area contributed by atoms with Crippen molar-refractivity contribution in [3.05, 3.63) is 16.6 Å². The summed E-state index contributed by atoms with van der Waals surface area (Å²) >= 11 is 3.31. The molecular formula is C8H14BrN3. The van der Waals surface area contributed by atoms with Crippen LogP contribution in [0.3, 0.4) is 0 Å². The van der Waals surface area contributed by atoms with Crippen LogP contribution in [0.5, 0.6) is 0 Å². The standard InChI is InChI=1S/C8H14BrN3/c1-8(2,3)11-5-7-10-4-6(9)12-7/h4,11H,5H2,1-3H3,(H,10,12). The highest BCUT2D eigenvalue weighted by Gasteiger charge is 2.09. The van der Waals surface area contributed by atoms with Gasteiger partial charge >= 0.3 is 0 Å². The minimum atomic E-state index is 0.138. The van der Waals surface area contributed by atoms with Crippen molar-refractivity contribution in [3.63, 3.8) is 0 Å². The van der Waals surface area contributed by atoms with Crippen molar-refractivity contribution in [2.45, 2.75) is 32.9 Å². The van der Waals surface area contributed by atoms with Gasteiger partial charge in [-0.1, -0.05) is 0 Å². The second-order valence-electron chi connectivity index (χ2n) is 3.78. The molecular weight excluding hydrogens is 218 g/mol. The summed E-state index contributed by atoms with van der Waals surface area (Å²) in [6, 6.07) is 0. The summed E-state index contributed by atoms with van der Waals surface area (Å²) in [4.78, 5) is 7.25.